The number of anilines is 3. The van der Waals surface area contributed by atoms with Crippen LogP contribution >= 0.6 is 0 Å². The van der Waals surface area contributed by atoms with Gasteiger partial charge in [0, 0.05) is 18.8 Å². The number of para-hydroxylation sites is 3. The second kappa shape index (κ2) is 7.40. The molecular formula is C21H23N3O3. The predicted molar refractivity (Wildman–Crippen MR) is 104 cm³/mol. The highest BCUT2D eigenvalue weighted by Gasteiger charge is 2.48. The highest BCUT2D eigenvalue weighted by molar-refractivity contribution is 6.01. The quantitative estimate of drug-likeness (QED) is 0.732. The van der Waals surface area contributed by atoms with Crippen LogP contribution in [-0.2, 0) is 16.0 Å². The third-order valence-corrected chi connectivity index (χ3v) is 5.21. The lowest BCUT2D eigenvalue weighted by atomic mass is 10.1. The number of hydrogen-bond donors (Lipinski definition) is 3. The summed E-state index contributed by atoms with van der Waals surface area (Å²) < 4.78 is 0. The Balaban J connectivity index is 1.47. The van der Waals surface area contributed by atoms with Gasteiger partial charge in [-0.1, -0.05) is 30.3 Å². The number of carbonyl (C=O) groups is 2. The van der Waals surface area contributed by atoms with Crippen molar-refractivity contribution in [2.45, 2.75) is 12.8 Å². The Labute approximate surface area is 158 Å². The fraction of sp³-hybridized carbons (Fsp3) is 0.333. The van der Waals surface area contributed by atoms with Crippen molar-refractivity contribution in [3.05, 3.63) is 54.1 Å². The van der Waals surface area contributed by atoms with Crippen LogP contribution in [0.3, 0.4) is 0 Å². The van der Waals surface area contributed by atoms with Crippen LogP contribution in [0.15, 0.2) is 48.5 Å². The van der Waals surface area contributed by atoms with Crippen molar-refractivity contribution in [3.63, 3.8) is 0 Å². The fourth-order valence-corrected chi connectivity index (χ4v) is 3.71. The van der Waals surface area contributed by atoms with Crippen LogP contribution in [0.5, 0.6) is 0 Å². The van der Waals surface area contributed by atoms with Gasteiger partial charge in [-0.15, -0.1) is 0 Å². The number of aliphatic hydroxyl groups excluding tert-OH is 1. The maximum atomic E-state index is 12.6. The molecule has 2 atom stereocenters. The summed E-state index contributed by atoms with van der Waals surface area (Å²) in [5.41, 5.74) is 4.21. The van der Waals surface area contributed by atoms with E-state index in [1.54, 1.807) is 0 Å². The monoisotopic (exact) mass is 365 g/mol. The summed E-state index contributed by atoms with van der Waals surface area (Å²) >= 11 is 0. The maximum Gasteiger partial charge on any atom is 0.228 e. The van der Waals surface area contributed by atoms with Gasteiger partial charge in [0.05, 0.1) is 29.8 Å². The summed E-state index contributed by atoms with van der Waals surface area (Å²) in [4.78, 5) is 26.8. The van der Waals surface area contributed by atoms with E-state index in [0.29, 0.717) is 6.42 Å². The highest BCUT2D eigenvalue weighted by atomic mass is 16.3. The summed E-state index contributed by atoms with van der Waals surface area (Å²) in [7, 11) is 0. The van der Waals surface area contributed by atoms with E-state index in [-0.39, 0.29) is 36.8 Å². The number of amides is 2. The van der Waals surface area contributed by atoms with Crippen molar-refractivity contribution in [2.24, 2.45) is 11.8 Å². The number of nitrogens with zero attached hydrogens (tertiary/aromatic N) is 1. The molecule has 27 heavy (non-hydrogen) atoms. The van der Waals surface area contributed by atoms with Crippen molar-refractivity contribution < 1.29 is 14.7 Å². The molecule has 3 N–H and O–H groups in total. The molecule has 1 aliphatic heterocycles. The molecule has 0 saturated heterocycles. The topological polar surface area (TPSA) is 81.7 Å². The summed E-state index contributed by atoms with van der Waals surface area (Å²) in [6.07, 6.45) is 1.53. The van der Waals surface area contributed by atoms with Gasteiger partial charge in [0.25, 0.3) is 0 Å². The first-order valence-electron chi connectivity index (χ1n) is 9.33. The third kappa shape index (κ3) is 3.53. The van der Waals surface area contributed by atoms with Crippen LogP contribution in [-0.4, -0.2) is 36.6 Å². The molecule has 1 aliphatic carbocycles. The molecule has 2 aliphatic rings. The van der Waals surface area contributed by atoms with E-state index in [9.17, 15) is 9.59 Å². The molecule has 0 spiro atoms. The Kier molecular flexibility index (Phi) is 4.81. The zero-order chi connectivity index (χ0) is 18.8. The lowest BCUT2D eigenvalue weighted by Crippen LogP contribution is -2.29. The van der Waals surface area contributed by atoms with Crippen molar-refractivity contribution in [1.29, 1.82) is 0 Å². The minimum Gasteiger partial charge on any atom is -0.395 e. The van der Waals surface area contributed by atoms with Crippen molar-refractivity contribution in [3.8, 4) is 0 Å². The number of carbonyl (C=O) groups excluding carboxylic acids is 2. The number of fused-ring (bicyclic) bond motifs is 1. The van der Waals surface area contributed by atoms with Crippen molar-refractivity contribution in [2.75, 3.05) is 29.9 Å². The van der Waals surface area contributed by atoms with Gasteiger partial charge in [-0.3, -0.25) is 9.59 Å². The maximum absolute atomic E-state index is 12.6. The molecule has 0 bridgehead atoms. The molecule has 2 aromatic carbocycles. The summed E-state index contributed by atoms with van der Waals surface area (Å²) in [6.45, 7) is 1.00. The minimum atomic E-state index is -0.303. The molecule has 2 aromatic rings. The summed E-state index contributed by atoms with van der Waals surface area (Å²) in [5.74, 6) is -0.885. The first-order chi connectivity index (χ1) is 13.2. The molecule has 0 aromatic heterocycles. The van der Waals surface area contributed by atoms with E-state index in [0.717, 1.165) is 24.3 Å². The van der Waals surface area contributed by atoms with E-state index < -0.39 is 0 Å². The Morgan fingerprint density at radius 3 is 2.52 bits per heavy atom. The number of nitrogens with one attached hydrogen (secondary N) is 2. The van der Waals surface area contributed by atoms with E-state index in [1.165, 1.54) is 11.3 Å². The largest absolute Gasteiger partial charge is 0.395 e. The number of rotatable bonds is 6. The minimum absolute atomic E-state index is 0.0972. The standard InChI is InChI=1S/C21H23N3O3/c25-12-10-22-20(26)15-13-16(15)21(27)23-17-6-2-4-8-19(17)24-11-9-14-5-1-3-7-18(14)24/h1-8,15-16,25H,9-13H2,(H,22,26)(H,23,27)/t15-,16+/m1/s1. The lowest BCUT2D eigenvalue weighted by Gasteiger charge is -2.23. The number of hydrogen-bond acceptors (Lipinski definition) is 4. The second-order valence-corrected chi connectivity index (χ2v) is 7.00. The number of benzene rings is 2. The molecular weight excluding hydrogens is 342 g/mol. The van der Waals surface area contributed by atoms with E-state index in [2.05, 4.69) is 27.7 Å². The molecule has 0 unspecified atom stereocenters. The zero-order valence-electron chi connectivity index (χ0n) is 15.0. The van der Waals surface area contributed by atoms with Gasteiger partial charge in [0.2, 0.25) is 11.8 Å². The molecule has 1 saturated carbocycles. The molecule has 140 valence electrons. The normalized spacial score (nSPS) is 20.1. The lowest BCUT2D eigenvalue weighted by molar-refractivity contribution is -0.125. The third-order valence-electron chi connectivity index (χ3n) is 5.21. The Morgan fingerprint density at radius 1 is 1.00 bits per heavy atom. The van der Waals surface area contributed by atoms with Gasteiger partial charge >= 0.3 is 0 Å². The molecule has 4 rings (SSSR count). The van der Waals surface area contributed by atoms with E-state index >= 15 is 0 Å². The number of aliphatic hydroxyl groups is 1. The average Bonchev–Trinajstić information content (AvgIpc) is 3.39. The fourth-order valence-electron chi connectivity index (χ4n) is 3.71. The molecule has 0 radical (unpaired) electrons. The van der Waals surface area contributed by atoms with Gasteiger partial charge in [-0.25, -0.2) is 0 Å². The van der Waals surface area contributed by atoms with Gasteiger partial charge in [0.1, 0.15) is 0 Å². The molecule has 1 heterocycles. The Morgan fingerprint density at radius 2 is 1.70 bits per heavy atom. The van der Waals surface area contributed by atoms with Crippen LogP contribution in [0.1, 0.15) is 12.0 Å². The summed E-state index contributed by atoms with van der Waals surface area (Å²) in [6, 6.07) is 16.1. The smallest absolute Gasteiger partial charge is 0.228 e. The van der Waals surface area contributed by atoms with Gasteiger partial charge in [-0.05, 0) is 36.6 Å². The van der Waals surface area contributed by atoms with Gasteiger partial charge < -0.3 is 20.6 Å². The predicted octanol–water partition coefficient (Wildman–Crippen LogP) is 2.06. The summed E-state index contributed by atoms with van der Waals surface area (Å²) in [5, 5.41) is 14.4. The molecule has 6 heteroatoms. The molecule has 2 amide bonds. The van der Waals surface area contributed by atoms with Crippen molar-refractivity contribution >= 4 is 28.9 Å². The molecule has 1 fully saturated rings. The van der Waals surface area contributed by atoms with Crippen molar-refractivity contribution in [1.82, 2.24) is 5.32 Å². The van der Waals surface area contributed by atoms with E-state index in [4.69, 9.17) is 5.11 Å². The SMILES string of the molecule is O=C(Nc1ccccc1N1CCc2ccccc21)[C@H]1C[C@H]1C(=O)NCCO. The van der Waals surface area contributed by atoms with Gasteiger partial charge in [-0.2, -0.15) is 0 Å². The highest BCUT2D eigenvalue weighted by Crippen LogP contribution is 2.42. The van der Waals surface area contributed by atoms with Crippen LogP contribution in [0.2, 0.25) is 0 Å². The van der Waals surface area contributed by atoms with Crippen LogP contribution in [0.4, 0.5) is 17.1 Å². The van der Waals surface area contributed by atoms with Crippen LogP contribution < -0.4 is 15.5 Å². The first kappa shape index (κ1) is 17.5. The van der Waals surface area contributed by atoms with Crippen LogP contribution in [0.25, 0.3) is 0 Å². The first-order valence-corrected chi connectivity index (χ1v) is 9.33. The zero-order valence-corrected chi connectivity index (χ0v) is 15.0. The second-order valence-electron chi connectivity index (χ2n) is 7.00. The molecule has 6 nitrogen and oxygen atoms in total. The average molecular weight is 365 g/mol. The van der Waals surface area contributed by atoms with E-state index in [1.807, 2.05) is 36.4 Å². The van der Waals surface area contributed by atoms with Gasteiger partial charge in [0.15, 0.2) is 0 Å². The Hall–Kier alpha value is -2.86. The Bertz CT molecular complexity index is 867. The van der Waals surface area contributed by atoms with Crippen LogP contribution in [0, 0.1) is 11.8 Å².